The molecule has 0 radical (unpaired) electrons. The molecule has 20 nitrogen and oxygen atoms in total. The first-order chi connectivity index (χ1) is 22.1. The second kappa shape index (κ2) is 13.8. The van der Waals surface area contributed by atoms with Crippen LogP contribution >= 0.6 is 7.75 Å². The molecule has 252 valence electrons. The van der Waals surface area contributed by atoms with Crippen LogP contribution in [0.4, 0.5) is 11.8 Å². The Hall–Kier alpha value is -3.30. The van der Waals surface area contributed by atoms with Crippen LogP contribution in [0.2, 0.25) is 0 Å². The van der Waals surface area contributed by atoms with Crippen molar-refractivity contribution in [2.24, 2.45) is 0 Å². The van der Waals surface area contributed by atoms with Gasteiger partial charge in [0.2, 0.25) is 5.95 Å². The Morgan fingerprint density at radius 1 is 1.11 bits per heavy atom. The van der Waals surface area contributed by atoms with Crippen LogP contribution < -0.4 is 27.8 Å². The highest BCUT2D eigenvalue weighted by Crippen LogP contribution is 2.49. The summed E-state index contributed by atoms with van der Waals surface area (Å²) in [6.07, 6.45) is -2.60. The Kier molecular flexibility index (Phi) is 9.80. The molecule has 6 rings (SSSR count). The van der Waals surface area contributed by atoms with Crippen LogP contribution in [0.1, 0.15) is 25.3 Å². The van der Waals surface area contributed by atoms with E-state index >= 15 is 0 Å². The third kappa shape index (κ3) is 7.15. The number of aromatic amines is 1. The largest absolute Gasteiger partial charge is 0.406 e. The molecule has 21 heteroatoms. The summed E-state index contributed by atoms with van der Waals surface area (Å²) < 4.78 is 46.0. The highest BCUT2D eigenvalue weighted by Gasteiger charge is 2.44. The average Bonchev–Trinajstić information content (AvgIpc) is 3.73. The number of nitrogen functional groups attached to an aromatic ring is 2. The first-order valence-corrected chi connectivity index (χ1v) is 16.3. The van der Waals surface area contributed by atoms with Gasteiger partial charge in [0.15, 0.2) is 11.2 Å². The third-order valence-corrected chi connectivity index (χ3v) is 9.66. The minimum absolute atomic E-state index is 0.0435. The van der Waals surface area contributed by atoms with Crippen LogP contribution in [0.25, 0.3) is 11.2 Å². The molecule has 7 atom stereocenters. The summed E-state index contributed by atoms with van der Waals surface area (Å²) in [5.41, 5.74) is 10.4. The summed E-state index contributed by atoms with van der Waals surface area (Å²) in [4.78, 5) is 41.1. The molecule has 0 saturated carbocycles. The number of hydrogen-bond donors (Lipinski definition) is 6. The van der Waals surface area contributed by atoms with Crippen LogP contribution in [-0.2, 0) is 27.8 Å². The number of imidazole rings is 1. The van der Waals surface area contributed by atoms with Gasteiger partial charge in [-0.1, -0.05) is 0 Å². The van der Waals surface area contributed by atoms with Gasteiger partial charge in [-0.3, -0.25) is 32.9 Å². The van der Waals surface area contributed by atoms with E-state index in [1.807, 2.05) is 0 Å². The van der Waals surface area contributed by atoms with Crippen LogP contribution in [0.15, 0.2) is 28.2 Å². The lowest BCUT2D eigenvalue weighted by atomic mass is 10.2. The van der Waals surface area contributed by atoms with Crippen molar-refractivity contribution in [2.45, 2.75) is 49.7 Å². The van der Waals surface area contributed by atoms with Crippen molar-refractivity contribution >= 4 is 30.7 Å². The topological polar surface area (TPSA) is 269 Å². The van der Waals surface area contributed by atoms with Crippen LogP contribution in [-0.4, -0.2) is 121 Å². The zero-order chi connectivity index (χ0) is 32.4. The van der Waals surface area contributed by atoms with Gasteiger partial charge in [-0.25, -0.2) is 19.4 Å². The molecule has 3 aliphatic rings. The van der Waals surface area contributed by atoms with E-state index in [9.17, 15) is 24.4 Å². The Bertz CT molecular complexity index is 1680. The zero-order valence-corrected chi connectivity index (χ0v) is 25.6. The van der Waals surface area contributed by atoms with Crippen molar-refractivity contribution in [1.29, 1.82) is 0 Å². The predicted octanol–water partition coefficient (Wildman–Crippen LogP) is -2.10. The first kappa shape index (κ1) is 32.6. The number of nitrogens with two attached hydrogens (primary N) is 2. The Balaban J connectivity index is 1.15. The second-order valence-electron chi connectivity index (χ2n) is 11.1. The molecule has 3 fully saturated rings. The van der Waals surface area contributed by atoms with Crippen LogP contribution in [0.3, 0.4) is 0 Å². The van der Waals surface area contributed by atoms with Crippen molar-refractivity contribution in [1.82, 2.24) is 39.1 Å². The van der Waals surface area contributed by atoms with Gasteiger partial charge in [0.1, 0.15) is 36.6 Å². The summed E-state index contributed by atoms with van der Waals surface area (Å²) in [5.74, 6) is -0.0577. The quantitative estimate of drug-likeness (QED) is 0.113. The summed E-state index contributed by atoms with van der Waals surface area (Å²) in [6, 6.07) is 1.43. The normalized spacial score (nSPS) is 28.6. The Morgan fingerprint density at radius 3 is 2.63 bits per heavy atom. The highest BCUT2D eigenvalue weighted by molar-refractivity contribution is 7.51. The molecule has 3 saturated heterocycles. The van der Waals surface area contributed by atoms with Gasteiger partial charge in [0.05, 0.1) is 38.9 Å². The number of morpholine rings is 1. The SMILES string of the molecule is Nc1ccn(C2CC(OP(=O)(NCCN3CCOCC3)OCC3OC(n4cnc5c(=O)[nH]c(N)nc54)CC3O)C(CO)O2)c(=O)n1. The summed E-state index contributed by atoms with van der Waals surface area (Å²) in [7, 11) is -4.14. The van der Waals surface area contributed by atoms with Crippen molar-refractivity contribution in [3.05, 3.63) is 39.4 Å². The number of aliphatic hydroxyl groups excluding tert-OH is 2. The zero-order valence-electron chi connectivity index (χ0n) is 24.7. The smallest absolute Gasteiger partial charge is 0.394 e. The number of nitrogens with one attached hydrogen (secondary N) is 2. The summed E-state index contributed by atoms with van der Waals surface area (Å²) in [5, 5.41) is 23.7. The van der Waals surface area contributed by atoms with Crippen molar-refractivity contribution in [3.8, 4) is 0 Å². The van der Waals surface area contributed by atoms with Crippen molar-refractivity contribution in [3.63, 3.8) is 0 Å². The van der Waals surface area contributed by atoms with Gasteiger partial charge in [-0.15, -0.1) is 0 Å². The van der Waals surface area contributed by atoms with Crippen LogP contribution in [0, 0.1) is 0 Å². The van der Waals surface area contributed by atoms with Gasteiger partial charge in [0.25, 0.3) is 5.56 Å². The van der Waals surface area contributed by atoms with Gasteiger partial charge in [-0.05, 0) is 6.07 Å². The lowest BCUT2D eigenvalue weighted by Crippen LogP contribution is -2.40. The number of aromatic nitrogens is 6. The molecular formula is C25H37N10O10P. The molecule has 3 aliphatic heterocycles. The number of H-pyrrole nitrogens is 1. The van der Waals surface area contributed by atoms with E-state index in [-0.39, 0.29) is 48.9 Å². The van der Waals surface area contributed by atoms with Gasteiger partial charge in [0, 0.05) is 45.2 Å². The lowest BCUT2D eigenvalue weighted by Gasteiger charge is -2.29. The highest BCUT2D eigenvalue weighted by atomic mass is 31.2. The molecule has 0 bridgehead atoms. The summed E-state index contributed by atoms with van der Waals surface area (Å²) in [6.45, 7) is 2.51. The fourth-order valence-corrected chi connectivity index (χ4v) is 7.14. The number of ether oxygens (including phenoxy) is 3. The molecule has 3 aromatic rings. The molecule has 0 aliphatic carbocycles. The third-order valence-electron chi connectivity index (χ3n) is 8.01. The molecule has 3 aromatic heterocycles. The molecule has 7 unspecified atom stereocenters. The van der Waals surface area contributed by atoms with Crippen molar-refractivity contribution < 1.29 is 38.0 Å². The van der Waals surface area contributed by atoms with E-state index in [4.69, 9.17) is 34.7 Å². The number of aliphatic hydroxyl groups is 2. The van der Waals surface area contributed by atoms with Gasteiger partial charge < -0.3 is 35.9 Å². The average molecular weight is 669 g/mol. The maximum absolute atomic E-state index is 14.2. The van der Waals surface area contributed by atoms with Crippen LogP contribution in [0.5, 0.6) is 0 Å². The molecule has 0 amide bonds. The van der Waals surface area contributed by atoms with E-state index < -0.39 is 62.5 Å². The Labute approximate surface area is 261 Å². The second-order valence-corrected chi connectivity index (χ2v) is 12.9. The fraction of sp³-hybridized carbons (Fsp3) is 0.640. The van der Waals surface area contributed by atoms with Crippen molar-refractivity contribution in [2.75, 3.05) is 64.1 Å². The molecular weight excluding hydrogens is 631 g/mol. The standard InChI is InChI=1S/C25H37N10O10P/c26-18-1-3-34(25(39)30-18)20-10-15(16(11-36)43-20)45-46(40,29-2-4-33-5-7-41-8-6-33)42-12-17-14(37)9-19(44-17)35-13-28-21-22(35)31-24(27)32-23(21)38/h1,3,13-17,19-20,36-37H,2,4-12H2,(H,29,40)(H2,26,30,39)(H3,27,31,32,38). The molecule has 46 heavy (non-hydrogen) atoms. The molecule has 0 spiro atoms. The Morgan fingerprint density at radius 2 is 1.87 bits per heavy atom. The molecule has 8 N–H and O–H groups in total. The lowest BCUT2D eigenvalue weighted by molar-refractivity contribution is -0.0521. The van der Waals surface area contributed by atoms with E-state index in [1.165, 1.54) is 27.7 Å². The minimum Gasteiger partial charge on any atom is -0.394 e. The number of fused-ring (bicyclic) bond motifs is 1. The molecule has 0 aromatic carbocycles. The van der Waals surface area contributed by atoms with Gasteiger partial charge >= 0.3 is 13.4 Å². The maximum Gasteiger partial charge on any atom is 0.406 e. The number of hydrogen-bond acceptors (Lipinski definition) is 16. The van der Waals surface area contributed by atoms with E-state index in [0.717, 1.165) is 0 Å². The number of rotatable bonds is 12. The monoisotopic (exact) mass is 668 g/mol. The minimum atomic E-state index is -4.14. The predicted molar refractivity (Wildman–Crippen MR) is 159 cm³/mol. The van der Waals surface area contributed by atoms with E-state index in [0.29, 0.717) is 32.8 Å². The maximum atomic E-state index is 14.2. The number of nitrogens with zero attached hydrogens (tertiary/aromatic N) is 6. The van der Waals surface area contributed by atoms with E-state index in [2.05, 4.69) is 29.9 Å². The van der Waals surface area contributed by atoms with Gasteiger partial charge in [-0.2, -0.15) is 9.97 Å². The summed E-state index contributed by atoms with van der Waals surface area (Å²) >= 11 is 0. The first-order valence-electron chi connectivity index (χ1n) is 14.8. The van der Waals surface area contributed by atoms with E-state index in [1.54, 1.807) is 0 Å². The molecule has 6 heterocycles. The number of anilines is 2. The fourth-order valence-electron chi connectivity index (χ4n) is 5.61.